The van der Waals surface area contributed by atoms with E-state index >= 15 is 0 Å². The van der Waals surface area contributed by atoms with E-state index in [0.717, 1.165) is 18.0 Å². The van der Waals surface area contributed by atoms with E-state index in [1.54, 1.807) is 6.20 Å². The Morgan fingerprint density at radius 2 is 1.64 bits per heavy atom. The van der Waals surface area contributed by atoms with Gasteiger partial charge in [-0.1, -0.05) is 42.5 Å². The molecule has 0 spiro atoms. The number of benzene rings is 2. The van der Waals surface area contributed by atoms with Gasteiger partial charge in [-0.3, -0.25) is 4.98 Å². The first-order valence-corrected chi connectivity index (χ1v) is 7.30. The molecule has 0 amide bonds. The minimum absolute atomic E-state index is 0.591. The Kier molecular flexibility index (Phi) is 4.67. The molecule has 0 saturated heterocycles. The lowest BCUT2D eigenvalue weighted by Gasteiger charge is -2.08. The summed E-state index contributed by atoms with van der Waals surface area (Å²) >= 11 is 0. The average Bonchev–Trinajstić information content (AvgIpc) is 2.61. The van der Waals surface area contributed by atoms with Crippen LogP contribution in [0, 0.1) is 0 Å². The van der Waals surface area contributed by atoms with Crippen molar-refractivity contribution in [3.63, 3.8) is 0 Å². The van der Waals surface area contributed by atoms with Gasteiger partial charge in [-0.05, 0) is 35.4 Å². The molecule has 0 aliphatic heterocycles. The number of rotatable bonds is 6. The van der Waals surface area contributed by atoms with Crippen LogP contribution in [0.4, 0.5) is 5.69 Å². The Balaban J connectivity index is 1.52. The van der Waals surface area contributed by atoms with Crippen LogP contribution in [0.15, 0.2) is 79.1 Å². The minimum atomic E-state index is 0.591. The first-order valence-electron chi connectivity index (χ1n) is 7.30. The van der Waals surface area contributed by atoms with Crippen LogP contribution in [0.5, 0.6) is 5.75 Å². The van der Waals surface area contributed by atoms with Crippen molar-refractivity contribution in [1.29, 1.82) is 0 Å². The topological polar surface area (TPSA) is 34.1 Å². The highest BCUT2D eigenvalue weighted by molar-refractivity contribution is 5.41. The van der Waals surface area contributed by atoms with E-state index in [9.17, 15) is 0 Å². The molecule has 3 heteroatoms. The SMILES string of the molecule is c1ccc(COc2ccc(CNc3cccnc3)cc2)cc1. The Morgan fingerprint density at radius 1 is 0.818 bits per heavy atom. The van der Waals surface area contributed by atoms with Gasteiger partial charge in [0.05, 0.1) is 5.69 Å². The molecule has 22 heavy (non-hydrogen) atoms. The molecule has 1 aromatic heterocycles. The third kappa shape index (κ3) is 4.09. The maximum atomic E-state index is 5.78. The van der Waals surface area contributed by atoms with Crippen LogP contribution in [-0.4, -0.2) is 4.98 Å². The monoisotopic (exact) mass is 290 g/mol. The van der Waals surface area contributed by atoms with E-state index in [1.807, 2.05) is 48.7 Å². The lowest BCUT2D eigenvalue weighted by Crippen LogP contribution is -2.00. The number of nitrogens with one attached hydrogen (secondary N) is 1. The molecule has 1 heterocycles. The lowest BCUT2D eigenvalue weighted by atomic mass is 10.2. The fourth-order valence-electron chi connectivity index (χ4n) is 2.12. The third-order valence-electron chi connectivity index (χ3n) is 3.33. The van der Waals surface area contributed by atoms with Crippen LogP contribution in [0.25, 0.3) is 0 Å². The zero-order chi connectivity index (χ0) is 15.0. The summed E-state index contributed by atoms with van der Waals surface area (Å²) in [7, 11) is 0. The predicted molar refractivity (Wildman–Crippen MR) is 88.8 cm³/mol. The molecule has 0 bridgehead atoms. The van der Waals surface area contributed by atoms with E-state index in [2.05, 4.69) is 34.6 Å². The fourth-order valence-corrected chi connectivity index (χ4v) is 2.12. The highest BCUT2D eigenvalue weighted by atomic mass is 16.5. The summed E-state index contributed by atoms with van der Waals surface area (Å²) in [6.07, 6.45) is 3.58. The molecule has 2 aromatic carbocycles. The molecule has 0 aliphatic carbocycles. The number of ether oxygens (including phenoxy) is 1. The molecule has 3 nitrogen and oxygen atoms in total. The number of nitrogens with zero attached hydrogens (tertiary/aromatic N) is 1. The normalized spacial score (nSPS) is 10.2. The Labute approximate surface area is 130 Å². The molecule has 0 unspecified atom stereocenters. The molecule has 0 saturated carbocycles. The van der Waals surface area contributed by atoms with Crippen LogP contribution in [0.3, 0.4) is 0 Å². The number of pyridine rings is 1. The number of aromatic nitrogens is 1. The second-order valence-corrected chi connectivity index (χ2v) is 5.01. The van der Waals surface area contributed by atoms with Gasteiger partial charge in [0.2, 0.25) is 0 Å². The zero-order valence-electron chi connectivity index (χ0n) is 12.3. The van der Waals surface area contributed by atoms with Crippen molar-refractivity contribution in [2.24, 2.45) is 0 Å². The highest BCUT2D eigenvalue weighted by Gasteiger charge is 1.98. The predicted octanol–water partition coefficient (Wildman–Crippen LogP) is 4.27. The van der Waals surface area contributed by atoms with Gasteiger partial charge in [0.15, 0.2) is 0 Å². The molecular weight excluding hydrogens is 272 g/mol. The van der Waals surface area contributed by atoms with Gasteiger partial charge in [0, 0.05) is 18.9 Å². The summed E-state index contributed by atoms with van der Waals surface area (Å²) in [5.74, 6) is 0.883. The number of hydrogen-bond donors (Lipinski definition) is 1. The Hall–Kier alpha value is -2.81. The fraction of sp³-hybridized carbons (Fsp3) is 0.105. The largest absolute Gasteiger partial charge is 0.489 e. The van der Waals surface area contributed by atoms with Crippen LogP contribution in [0.2, 0.25) is 0 Å². The third-order valence-corrected chi connectivity index (χ3v) is 3.33. The molecule has 0 atom stereocenters. The Bertz CT molecular complexity index is 619. The molecule has 3 rings (SSSR count). The summed E-state index contributed by atoms with van der Waals surface area (Å²) in [5.41, 5.74) is 3.40. The molecule has 0 radical (unpaired) electrons. The van der Waals surface area contributed by atoms with Gasteiger partial charge in [-0.2, -0.15) is 0 Å². The van der Waals surface area contributed by atoms with E-state index in [0.29, 0.717) is 6.61 Å². The molecule has 1 N–H and O–H groups in total. The van der Waals surface area contributed by atoms with E-state index in [1.165, 1.54) is 11.1 Å². The highest BCUT2D eigenvalue weighted by Crippen LogP contribution is 2.15. The van der Waals surface area contributed by atoms with Crippen molar-refractivity contribution >= 4 is 5.69 Å². The summed E-state index contributed by atoms with van der Waals surface area (Å²) in [4.78, 5) is 4.08. The molecule has 3 aromatic rings. The van der Waals surface area contributed by atoms with Crippen LogP contribution >= 0.6 is 0 Å². The smallest absolute Gasteiger partial charge is 0.119 e. The van der Waals surface area contributed by atoms with E-state index in [4.69, 9.17) is 4.74 Å². The van der Waals surface area contributed by atoms with Crippen molar-refractivity contribution in [3.05, 3.63) is 90.3 Å². The second kappa shape index (κ2) is 7.27. The summed E-state index contributed by atoms with van der Waals surface area (Å²) in [6, 6.07) is 22.2. The van der Waals surface area contributed by atoms with Gasteiger partial charge in [-0.25, -0.2) is 0 Å². The van der Waals surface area contributed by atoms with Gasteiger partial charge >= 0.3 is 0 Å². The van der Waals surface area contributed by atoms with Gasteiger partial charge < -0.3 is 10.1 Å². The number of hydrogen-bond acceptors (Lipinski definition) is 3. The second-order valence-electron chi connectivity index (χ2n) is 5.01. The van der Waals surface area contributed by atoms with Gasteiger partial charge in [0.25, 0.3) is 0 Å². The average molecular weight is 290 g/mol. The lowest BCUT2D eigenvalue weighted by molar-refractivity contribution is 0.306. The zero-order valence-corrected chi connectivity index (χ0v) is 12.3. The van der Waals surface area contributed by atoms with Crippen molar-refractivity contribution < 1.29 is 4.74 Å². The number of anilines is 1. The van der Waals surface area contributed by atoms with Gasteiger partial charge in [0.1, 0.15) is 12.4 Å². The first-order chi connectivity index (χ1) is 10.9. The Morgan fingerprint density at radius 3 is 2.36 bits per heavy atom. The van der Waals surface area contributed by atoms with Gasteiger partial charge in [-0.15, -0.1) is 0 Å². The van der Waals surface area contributed by atoms with Crippen molar-refractivity contribution in [2.75, 3.05) is 5.32 Å². The summed E-state index contributed by atoms with van der Waals surface area (Å²) < 4.78 is 5.78. The molecular formula is C19H18N2O. The standard InChI is InChI=1S/C19H18N2O/c1-2-5-17(6-3-1)15-22-19-10-8-16(9-11-19)13-21-18-7-4-12-20-14-18/h1-12,14,21H,13,15H2. The molecule has 110 valence electrons. The van der Waals surface area contributed by atoms with Crippen LogP contribution in [0.1, 0.15) is 11.1 Å². The van der Waals surface area contributed by atoms with E-state index in [-0.39, 0.29) is 0 Å². The summed E-state index contributed by atoms with van der Waals surface area (Å²) in [6.45, 7) is 1.36. The molecule has 0 fully saturated rings. The molecule has 0 aliphatic rings. The minimum Gasteiger partial charge on any atom is -0.489 e. The summed E-state index contributed by atoms with van der Waals surface area (Å²) in [5, 5.41) is 3.33. The maximum absolute atomic E-state index is 5.78. The van der Waals surface area contributed by atoms with E-state index < -0.39 is 0 Å². The maximum Gasteiger partial charge on any atom is 0.119 e. The quantitative estimate of drug-likeness (QED) is 0.736. The van der Waals surface area contributed by atoms with Crippen LogP contribution in [-0.2, 0) is 13.2 Å². The van der Waals surface area contributed by atoms with Crippen molar-refractivity contribution in [2.45, 2.75) is 13.2 Å². The first kappa shape index (κ1) is 14.1. The van der Waals surface area contributed by atoms with Crippen molar-refractivity contribution in [3.8, 4) is 5.75 Å². The van der Waals surface area contributed by atoms with Crippen molar-refractivity contribution in [1.82, 2.24) is 4.98 Å². The van der Waals surface area contributed by atoms with Crippen LogP contribution < -0.4 is 10.1 Å².